The number of nitrogens with zero attached hydrogens (tertiary/aromatic N) is 2. The molecular weight excluding hydrogens is 551 g/mol. The first-order chi connectivity index (χ1) is 17.9. The van der Waals surface area contributed by atoms with E-state index in [1.807, 2.05) is 30.3 Å². The van der Waals surface area contributed by atoms with Gasteiger partial charge in [0.05, 0.1) is 17.7 Å². The average molecular weight is 576 g/mol. The van der Waals surface area contributed by atoms with E-state index in [4.69, 9.17) is 33.9 Å². The van der Waals surface area contributed by atoms with E-state index in [0.717, 1.165) is 5.56 Å². The van der Waals surface area contributed by atoms with Gasteiger partial charge in [0.25, 0.3) is 17.7 Å². The van der Waals surface area contributed by atoms with Crippen molar-refractivity contribution in [1.82, 2.24) is 15.1 Å². The predicted octanol–water partition coefficient (Wildman–Crippen LogP) is 3.59. The second-order valence-electron chi connectivity index (χ2n) is 8.07. The number of amides is 3. The average Bonchev–Trinajstić information content (AvgIpc) is 3.54. The van der Waals surface area contributed by atoms with Crippen molar-refractivity contribution < 1.29 is 23.9 Å². The van der Waals surface area contributed by atoms with Gasteiger partial charge in [-0.15, -0.1) is 0 Å². The first kappa shape index (κ1) is 27.5. The van der Waals surface area contributed by atoms with E-state index in [1.54, 1.807) is 0 Å². The van der Waals surface area contributed by atoms with E-state index in [2.05, 4.69) is 5.32 Å². The Bertz CT molecular complexity index is 1170. The number of rotatable bonds is 9. The van der Waals surface area contributed by atoms with Crippen LogP contribution in [0.4, 0.5) is 0 Å². The van der Waals surface area contributed by atoms with Crippen molar-refractivity contribution in [1.29, 1.82) is 0 Å². The zero-order chi connectivity index (χ0) is 26.4. The predicted molar refractivity (Wildman–Crippen MR) is 154 cm³/mol. The van der Waals surface area contributed by atoms with Gasteiger partial charge in [-0.3, -0.25) is 24.2 Å². The molecule has 0 saturated carbocycles. The van der Waals surface area contributed by atoms with Gasteiger partial charge in [-0.05, 0) is 17.7 Å². The normalized spacial score (nSPS) is 15.3. The molecule has 3 amide bonds. The van der Waals surface area contributed by atoms with Gasteiger partial charge in [-0.25, -0.2) is 0 Å². The molecule has 1 N–H and O–H groups in total. The monoisotopic (exact) mass is 575 g/mol. The molecule has 0 aliphatic carbocycles. The Hall–Kier alpha value is -2.51. The highest BCUT2D eigenvalue weighted by atomic mass is 32.2. The fourth-order valence-corrected chi connectivity index (χ4v) is 6.18. The number of benzene rings is 2. The maximum atomic E-state index is 13.7. The molecule has 2 aliphatic heterocycles. The number of nitrogens with one attached hydrogen (secondary N) is 1. The second-order valence-corrected chi connectivity index (χ2v) is 11.5. The van der Waals surface area contributed by atoms with Crippen molar-refractivity contribution in [2.24, 2.45) is 0 Å². The third kappa shape index (κ3) is 6.50. The molecular formula is C25H25N3O5S4. The number of thioether (sulfide) groups is 2. The number of carbonyl (C=O) groups excluding carboxylic acids is 3. The fourth-order valence-electron chi connectivity index (χ4n) is 3.78. The summed E-state index contributed by atoms with van der Waals surface area (Å²) in [7, 11) is 1.53. The standard InChI is InChI=1S/C25H25N3O5S4/c1-32-10-7-26-21(29)17-13-18(22(30)27-8-11-36-24(27)34)20(33-15-16-5-3-2-4-6-16)19(14-17)23(31)28-9-12-37-25(28)35/h2-6,13-14H,7-12,15H2,1H3,(H,26,29). The minimum absolute atomic E-state index is 0.0984. The number of methoxy groups -OCH3 is 1. The number of thiocarbonyl (C=S) groups is 2. The van der Waals surface area contributed by atoms with Crippen molar-refractivity contribution >= 4 is 74.3 Å². The number of hydrogen-bond donors (Lipinski definition) is 1. The molecule has 2 aromatic carbocycles. The summed E-state index contributed by atoms with van der Waals surface area (Å²) in [5, 5.41) is 2.75. The first-order valence-electron chi connectivity index (χ1n) is 11.5. The van der Waals surface area contributed by atoms with Crippen LogP contribution in [0.3, 0.4) is 0 Å². The zero-order valence-corrected chi connectivity index (χ0v) is 23.3. The molecule has 12 heteroatoms. The summed E-state index contributed by atoms with van der Waals surface area (Å²) in [5.74, 6) is 0.173. The van der Waals surface area contributed by atoms with Crippen molar-refractivity contribution in [3.63, 3.8) is 0 Å². The highest BCUT2D eigenvalue weighted by Gasteiger charge is 2.34. The van der Waals surface area contributed by atoms with E-state index in [0.29, 0.717) is 39.8 Å². The molecule has 0 atom stereocenters. The third-order valence-corrected chi connectivity index (χ3v) is 8.50. The molecule has 194 valence electrons. The van der Waals surface area contributed by atoms with Crippen LogP contribution in [-0.4, -0.2) is 81.0 Å². The summed E-state index contributed by atoms with van der Waals surface area (Å²) in [4.78, 5) is 43.4. The smallest absolute Gasteiger partial charge is 0.263 e. The van der Waals surface area contributed by atoms with Crippen LogP contribution in [0.5, 0.6) is 5.75 Å². The van der Waals surface area contributed by atoms with Crippen molar-refractivity contribution in [2.75, 3.05) is 44.9 Å². The van der Waals surface area contributed by atoms with Crippen LogP contribution >= 0.6 is 48.0 Å². The van der Waals surface area contributed by atoms with Crippen molar-refractivity contribution in [3.8, 4) is 5.75 Å². The lowest BCUT2D eigenvalue weighted by atomic mass is 10.0. The minimum atomic E-state index is -0.438. The molecule has 0 aromatic heterocycles. The molecule has 4 rings (SSSR count). The largest absolute Gasteiger partial charge is 0.487 e. The van der Waals surface area contributed by atoms with Gasteiger partial charge < -0.3 is 14.8 Å². The van der Waals surface area contributed by atoms with Crippen LogP contribution in [0.25, 0.3) is 0 Å². The lowest BCUT2D eigenvalue weighted by molar-refractivity contribution is 0.0851. The van der Waals surface area contributed by atoms with Crippen LogP contribution in [0.15, 0.2) is 42.5 Å². The SMILES string of the molecule is COCCNC(=O)c1cc(C(=O)N2CCSC2=S)c(OCc2ccccc2)c(C(=O)N2CCSC2=S)c1. The maximum Gasteiger partial charge on any atom is 0.263 e. The molecule has 2 aromatic rings. The minimum Gasteiger partial charge on any atom is -0.487 e. The Labute approximate surface area is 234 Å². The quantitative estimate of drug-likeness (QED) is 0.356. The summed E-state index contributed by atoms with van der Waals surface area (Å²) in [6.07, 6.45) is 0. The van der Waals surface area contributed by atoms with Gasteiger partial charge in [-0.1, -0.05) is 78.3 Å². The third-order valence-electron chi connectivity index (χ3n) is 5.64. The lowest BCUT2D eigenvalue weighted by Crippen LogP contribution is -2.34. The van der Waals surface area contributed by atoms with Gasteiger partial charge >= 0.3 is 0 Å². The molecule has 2 saturated heterocycles. The van der Waals surface area contributed by atoms with Gasteiger partial charge in [-0.2, -0.15) is 0 Å². The van der Waals surface area contributed by atoms with E-state index in [1.165, 1.54) is 52.6 Å². The highest BCUT2D eigenvalue weighted by molar-refractivity contribution is 8.23. The van der Waals surface area contributed by atoms with Crippen LogP contribution < -0.4 is 10.1 Å². The second kappa shape index (κ2) is 12.8. The fraction of sp³-hybridized carbons (Fsp3) is 0.320. The highest BCUT2D eigenvalue weighted by Crippen LogP contribution is 2.33. The molecule has 2 heterocycles. The Morgan fingerprint density at radius 3 is 2.00 bits per heavy atom. The molecule has 0 unspecified atom stereocenters. The van der Waals surface area contributed by atoms with E-state index < -0.39 is 17.7 Å². The number of carbonyl (C=O) groups is 3. The molecule has 0 spiro atoms. The summed E-state index contributed by atoms with van der Waals surface area (Å²) < 4.78 is 12.1. The molecule has 37 heavy (non-hydrogen) atoms. The van der Waals surface area contributed by atoms with Crippen molar-refractivity contribution in [2.45, 2.75) is 6.61 Å². The van der Waals surface area contributed by atoms with Gasteiger partial charge in [0, 0.05) is 43.8 Å². The summed E-state index contributed by atoms with van der Waals surface area (Å²) >= 11 is 13.6. The van der Waals surface area contributed by atoms with Crippen LogP contribution in [-0.2, 0) is 11.3 Å². The summed E-state index contributed by atoms with van der Waals surface area (Å²) in [6, 6.07) is 12.4. The number of hydrogen-bond acceptors (Lipinski definition) is 9. The van der Waals surface area contributed by atoms with Gasteiger partial charge in [0.2, 0.25) is 0 Å². The van der Waals surface area contributed by atoms with E-state index in [9.17, 15) is 14.4 Å². The zero-order valence-electron chi connectivity index (χ0n) is 20.1. The summed E-state index contributed by atoms with van der Waals surface area (Å²) in [6.45, 7) is 1.58. The molecule has 8 nitrogen and oxygen atoms in total. The van der Waals surface area contributed by atoms with E-state index >= 15 is 0 Å². The lowest BCUT2D eigenvalue weighted by Gasteiger charge is -2.23. The summed E-state index contributed by atoms with van der Waals surface area (Å²) in [5.41, 5.74) is 1.22. The maximum absolute atomic E-state index is 13.7. The first-order valence-corrected chi connectivity index (χ1v) is 14.3. The molecule has 0 bridgehead atoms. The topological polar surface area (TPSA) is 88.2 Å². The Balaban J connectivity index is 1.81. The Morgan fingerprint density at radius 2 is 1.51 bits per heavy atom. The van der Waals surface area contributed by atoms with Gasteiger partial charge in [0.1, 0.15) is 21.0 Å². The molecule has 0 radical (unpaired) electrons. The van der Waals surface area contributed by atoms with Crippen LogP contribution in [0.1, 0.15) is 36.6 Å². The van der Waals surface area contributed by atoms with Crippen LogP contribution in [0.2, 0.25) is 0 Å². The van der Waals surface area contributed by atoms with Crippen molar-refractivity contribution in [3.05, 3.63) is 64.7 Å². The Morgan fingerprint density at radius 1 is 0.946 bits per heavy atom. The van der Waals surface area contributed by atoms with E-state index in [-0.39, 0.29) is 35.6 Å². The van der Waals surface area contributed by atoms with Gasteiger partial charge in [0.15, 0.2) is 0 Å². The molecule has 2 fully saturated rings. The molecule has 2 aliphatic rings. The van der Waals surface area contributed by atoms with Crippen LogP contribution in [0, 0.1) is 0 Å². The number of ether oxygens (including phenoxy) is 2. The Kier molecular flexibility index (Phi) is 9.54.